The molecule has 9 heteroatoms. The summed E-state index contributed by atoms with van der Waals surface area (Å²) in [7, 11) is 3.65. The number of aryl methyl sites for hydroxylation is 1. The number of rotatable bonds is 8. The molecule has 0 radical (unpaired) electrons. The number of urea groups is 1. The molecule has 2 N–H and O–H groups in total. The van der Waals surface area contributed by atoms with Gasteiger partial charge in [-0.05, 0) is 67.9 Å². The van der Waals surface area contributed by atoms with Crippen molar-refractivity contribution in [3.05, 3.63) is 59.8 Å². The Morgan fingerprint density at radius 1 is 1.15 bits per heavy atom. The van der Waals surface area contributed by atoms with Crippen LogP contribution in [0.5, 0.6) is 5.75 Å². The van der Waals surface area contributed by atoms with Crippen LogP contribution in [0.2, 0.25) is 5.02 Å². The number of halogens is 1. The Labute approximate surface area is 204 Å². The SMILES string of the molecule is CO[C@H]1CCCN(CCOc2ccc(NC(=O)Nc3ccc(Cl)cc3)cc2-c2ccnn2C)C1. The average Bonchev–Trinajstić information content (AvgIpc) is 3.27. The molecule has 1 saturated heterocycles. The summed E-state index contributed by atoms with van der Waals surface area (Å²) in [5.41, 5.74) is 3.06. The van der Waals surface area contributed by atoms with Gasteiger partial charge in [-0.15, -0.1) is 0 Å². The van der Waals surface area contributed by atoms with Gasteiger partial charge >= 0.3 is 6.03 Å². The third-order valence-corrected chi connectivity index (χ3v) is 6.15. The van der Waals surface area contributed by atoms with E-state index in [0.717, 1.165) is 49.5 Å². The third kappa shape index (κ3) is 6.28. The summed E-state index contributed by atoms with van der Waals surface area (Å²) < 4.78 is 13.5. The number of hydrogen-bond donors (Lipinski definition) is 2. The number of nitrogens with one attached hydrogen (secondary N) is 2. The fourth-order valence-corrected chi connectivity index (χ4v) is 4.22. The first kappa shape index (κ1) is 24.1. The molecule has 34 heavy (non-hydrogen) atoms. The van der Waals surface area contributed by atoms with Gasteiger partial charge < -0.3 is 20.1 Å². The molecule has 180 valence electrons. The molecule has 0 bridgehead atoms. The van der Waals surface area contributed by atoms with E-state index in [1.165, 1.54) is 0 Å². The highest BCUT2D eigenvalue weighted by molar-refractivity contribution is 6.30. The fourth-order valence-electron chi connectivity index (χ4n) is 4.09. The molecule has 2 amide bonds. The van der Waals surface area contributed by atoms with Crippen LogP contribution < -0.4 is 15.4 Å². The van der Waals surface area contributed by atoms with Crippen LogP contribution in [0, 0.1) is 0 Å². The van der Waals surface area contributed by atoms with Gasteiger partial charge in [0, 0.05) is 55.4 Å². The first-order chi connectivity index (χ1) is 16.5. The summed E-state index contributed by atoms with van der Waals surface area (Å²) in [4.78, 5) is 14.9. The third-order valence-electron chi connectivity index (χ3n) is 5.90. The Hall–Kier alpha value is -3.07. The predicted octanol–water partition coefficient (Wildman–Crippen LogP) is 4.87. The van der Waals surface area contributed by atoms with Crippen molar-refractivity contribution in [2.24, 2.45) is 7.05 Å². The number of carbonyl (C=O) groups is 1. The van der Waals surface area contributed by atoms with Gasteiger partial charge in [0.1, 0.15) is 12.4 Å². The molecule has 1 aliphatic rings. The van der Waals surface area contributed by atoms with Crippen molar-refractivity contribution >= 4 is 29.0 Å². The zero-order valence-electron chi connectivity index (χ0n) is 19.5. The van der Waals surface area contributed by atoms with Gasteiger partial charge in [0.05, 0.1) is 11.8 Å². The molecule has 2 aromatic carbocycles. The lowest BCUT2D eigenvalue weighted by Crippen LogP contribution is -2.41. The number of nitrogens with zero attached hydrogens (tertiary/aromatic N) is 3. The number of likely N-dealkylation sites (tertiary alicyclic amines) is 1. The number of benzene rings is 2. The lowest BCUT2D eigenvalue weighted by atomic mass is 10.1. The monoisotopic (exact) mass is 483 g/mol. The molecule has 1 fully saturated rings. The number of piperidine rings is 1. The molecular weight excluding hydrogens is 454 g/mol. The summed E-state index contributed by atoms with van der Waals surface area (Å²) in [5.74, 6) is 0.743. The van der Waals surface area contributed by atoms with Crippen LogP contribution in [0.4, 0.5) is 16.2 Å². The summed E-state index contributed by atoms with van der Waals surface area (Å²) in [6.45, 7) is 3.38. The minimum absolute atomic E-state index is 0.295. The summed E-state index contributed by atoms with van der Waals surface area (Å²) in [6.07, 6.45) is 4.28. The molecule has 4 rings (SSSR count). The van der Waals surface area contributed by atoms with E-state index in [9.17, 15) is 4.79 Å². The predicted molar refractivity (Wildman–Crippen MR) is 135 cm³/mol. The molecule has 1 aliphatic heterocycles. The highest BCUT2D eigenvalue weighted by atomic mass is 35.5. The van der Waals surface area contributed by atoms with E-state index in [1.54, 1.807) is 42.3 Å². The van der Waals surface area contributed by atoms with Crippen LogP contribution in [0.15, 0.2) is 54.7 Å². The zero-order valence-corrected chi connectivity index (χ0v) is 20.2. The van der Waals surface area contributed by atoms with E-state index in [1.807, 2.05) is 31.3 Å². The maximum Gasteiger partial charge on any atom is 0.323 e. The number of ether oxygens (including phenoxy) is 2. The Balaban J connectivity index is 1.44. The number of aromatic nitrogens is 2. The van der Waals surface area contributed by atoms with Gasteiger partial charge in [0.15, 0.2) is 0 Å². The van der Waals surface area contributed by atoms with Crippen molar-refractivity contribution < 1.29 is 14.3 Å². The molecule has 1 atom stereocenters. The van der Waals surface area contributed by atoms with Crippen LogP contribution >= 0.6 is 11.6 Å². The van der Waals surface area contributed by atoms with E-state index in [2.05, 4.69) is 20.6 Å². The highest BCUT2D eigenvalue weighted by Crippen LogP contribution is 2.32. The van der Waals surface area contributed by atoms with Crippen LogP contribution in [-0.4, -0.2) is 60.2 Å². The van der Waals surface area contributed by atoms with Crippen molar-refractivity contribution in [1.82, 2.24) is 14.7 Å². The quantitative estimate of drug-likeness (QED) is 0.477. The lowest BCUT2D eigenvalue weighted by molar-refractivity contribution is 0.0272. The lowest BCUT2D eigenvalue weighted by Gasteiger charge is -2.31. The van der Waals surface area contributed by atoms with Crippen LogP contribution in [0.25, 0.3) is 11.3 Å². The Morgan fingerprint density at radius 2 is 1.91 bits per heavy atom. The second-order valence-corrected chi connectivity index (χ2v) is 8.72. The van der Waals surface area contributed by atoms with E-state index in [-0.39, 0.29) is 6.03 Å². The van der Waals surface area contributed by atoms with E-state index in [0.29, 0.717) is 29.1 Å². The van der Waals surface area contributed by atoms with Crippen molar-refractivity contribution in [2.45, 2.75) is 18.9 Å². The Bertz CT molecular complexity index is 1100. The van der Waals surface area contributed by atoms with Crippen molar-refractivity contribution in [3.63, 3.8) is 0 Å². The largest absolute Gasteiger partial charge is 0.492 e. The van der Waals surface area contributed by atoms with E-state index < -0.39 is 0 Å². The molecule has 0 spiro atoms. The number of hydrogen-bond acceptors (Lipinski definition) is 5. The van der Waals surface area contributed by atoms with Gasteiger partial charge in [-0.2, -0.15) is 5.10 Å². The van der Waals surface area contributed by atoms with E-state index in [4.69, 9.17) is 21.1 Å². The maximum atomic E-state index is 12.5. The topological polar surface area (TPSA) is 80.7 Å². The molecular formula is C25H30ClN5O3. The number of anilines is 2. The molecule has 0 unspecified atom stereocenters. The minimum atomic E-state index is -0.343. The minimum Gasteiger partial charge on any atom is -0.492 e. The first-order valence-electron chi connectivity index (χ1n) is 11.4. The first-order valence-corrected chi connectivity index (χ1v) is 11.7. The summed E-state index contributed by atoms with van der Waals surface area (Å²) >= 11 is 5.91. The van der Waals surface area contributed by atoms with Gasteiger partial charge in [-0.25, -0.2) is 4.79 Å². The zero-order chi connectivity index (χ0) is 23.9. The molecule has 1 aromatic heterocycles. The van der Waals surface area contributed by atoms with Gasteiger partial charge in [-0.1, -0.05) is 11.6 Å². The Morgan fingerprint density at radius 3 is 2.65 bits per heavy atom. The van der Waals surface area contributed by atoms with Crippen molar-refractivity contribution in [1.29, 1.82) is 0 Å². The fraction of sp³-hybridized carbons (Fsp3) is 0.360. The molecule has 2 heterocycles. The van der Waals surface area contributed by atoms with Crippen molar-refractivity contribution in [3.8, 4) is 17.0 Å². The second-order valence-electron chi connectivity index (χ2n) is 8.29. The number of amides is 2. The number of methoxy groups -OCH3 is 1. The number of carbonyl (C=O) groups excluding carboxylic acids is 1. The van der Waals surface area contributed by atoms with Gasteiger partial charge in [0.25, 0.3) is 0 Å². The summed E-state index contributed by atoms with van der Waals surface area (Å²) in [5, 5.41) is 10.6. The highest BCUT2D eigenvalue weighted by Gasteiger charge is 2.19. The van der Waals surface area contributed by atoms with Crippen LogP contribution in [-0.2, 0) is 11.8 Å². The Kier molecular flexibility index (Phi) is 8.05. The molecule has 3 aromatic rings. The molecule has 8 nitrogen and oxygen atoms in total. The van der Waals surface area contributed by atoms with Gasteiger partial charge in [-0.3, -0.25) is 9.58 Å². The standard InChI is InChI=1S/C25H30ClN5O3/c1-30-23(11-12-27-30)22-16-20(29-25(32)28-19-7-5-18(26)6-8-19)9-10-24(22)34-15-14-31-13-3-4-21(17-31)33-2/h5-12,16,21H,3-4,13-15,17H2,1-2H3,(H2,28,29,32)/t21-/m0/s1. The molecule has 0 saturated carbocycles. The maximum absolute atomic E-state index is 12.5. The van der Waals surface area contributed by atoms with Gasteiger partial charge in [0.2, 0.25) is 0 Å². The second kappa shape index (κ2) is 11.4. The molecule has 0 aliphatic carbocycles. The normalized spacial score (nSPS) is 16.3. The summed E-state index contributed by atoms with van der Waals surface area (Å²) in [6, 6.07) is 14.1. The van der Waals surface area contributed by atoms with E-state index >= 15 is 0 Å². The van der Waals surface area contributed by atoms with Crippen LogP contribution in [0.1, 0.15) is 12.8 Å². The van der Waals surface area contributed by atoms with Crippen molar-refractivity contribution in [2.75, 3.05) is 44.0 Å². The average molecular weight is 484 g/mol. The smallest absolute Gasteiger partial charge is 0.323 e. The van der Waals surface area contributed by atoms with Crippen LogP contribution in [0.3, 0.4) is 0 Å².